The molecule has 0 amide bonds. The van der Waals surface area contributed by atoms with Crippen molar-refractivity contribution >= 4 is 38.6 Å². The molecule has 1 N–H and O–H groups in total. The lowest BCUT2D eigenvalue weighted by atomic mass is 10.4. The van der Waals surface area contributed by atoms with Crippen molar-refractivity contribution in [1.29, 1.82) is 0 Å². The summed E-state index contributed by atoms with van der Waals surface area (Å²) >= 11 is 5.56. The summed E-state index contributed by atoms with van der Waals surface area (Å²) in [5.74, 6) is 0. The van der Waals surface area contributed by atoms with Crippen LogP contribution in [0, 0.1) is 0 Å². The summed E-state index contributed by atoms with van der Waals surface area (Å²) in [6.07, 6.45) is 0. The zero-order valence-corrected chi connectivity index (χ0v) is 11.0. The molecule has 16 heavy (non-hydrogen) atoms. The van der Waals surface area contributed by atoms with Gasteiger partial charge in [0.1, 0.15) is 0 Å². The summed E-state index contributed by atoms with van der Waals surface area (Å²) in [5, 5.41) is 0. The van der Waals surface area contributed by atoms with Gasteiger partial charge in [-0.2, -0.15) is 0 Å². The Labute approximate surface area is 105 Å². The average Bonchev–Trinajstić information content (AvgIpc) is 2.28. The third-order valence-electron chi connectivity index (χ3n) is 1.55. The van der Waals surface area contributed by atoms with Crippen LogP contribution >= 0.6 is 24.2 Å². The second-order valence-corrected chi connectivity index (χ2v) is 6.03. The minimum atomic E-state index is -3.53. The molecule has 0 radical (unpaired) electrons. The molecule has 7 heteroatoms. The van der Waals surface area contributed by atoms with Gasteiger partial charge in [-0.3, -0.25) is 0 Å². The predicted molar refractivity (Wildman–Crippen MR) is 68.6 cm³/mol. The van der Waals surface area contributed by atoms with Gasteiger partial charge in [0, 0.05) is 11.9 Å². The summed E-state index contributed by atoms with van der Waals surface area (Å²) in [4.78, 5) is 0.196. The molecule has 1 aromatic rings. The molecule has 4 nitrogen and oxygen atoms in total. The van der Waals surface area contributed by atoms with E-state index >= 15 is 0 Å². The zero-order valence-electron chi connectivity index (χ0n) is 8.54. The number of hydrogen-bond acceptors (Lipinski definition) is 5. The molecule has 0 atom stereocenters. The van der Waals surface area contributed by atoms with Gasteiger partial charge in [-0.1, -0.05) is 18.2 Å². The SMILES string of the molecule is CCOC(=S)SNS(=O)(=O)c1ccccc1. The largest absolute Gasteiger partial charge is 0.478 e. The van der Waals surface area contributed by atoms with E-state index in [0.29, 0.717) is 6.61 Å². The summed E-state index contributed by atoms with van der Waals surface area (Å²) in [6.45, 7) is 2.19. The normalized spacial score (nSPS) is 11.1. The van der Waals surface area contributed by atoms with Crippen molar-refractivity contribution in [2.24, 2.45) is 0 Å². The third kappa shape index (κ3) is 4.09. The fourth-order valence-corrected chi connectivity index (χ4v) is 3.10. The third-order valence-corrected chi connectivity index (χ3v) is 4.31. The van der Waals surface area contributed by atoms with Gasteiger partial charge < -0.3 is 4.74 Å². The molecule has 0 heterocycles. The molecule has 0 aliphatic rings. The Bertz CT molecular complexity index is 444. The first kappa shape index (κ1) is 13.4. The first-order chi connectivity index (χ1) is 7.56. The predicted octanol–water partition coefficient (Wildman–Crippen LogP) is 1.93. The van der Waals surface area contributed by atoms with Gasteiger partial charge in [0.15, 0.2) is 0 Å². The van der Waals surface area contributed by atoms with Crippen LogP contribution < -0.4 is 4.13 Å². The highest BCUT2D eigenvalue weighted by molar-refractivity contribution is 8.25. The van der Waals surface area contributed by atoms with Crippen LogP contribution in [0.2, 0.25) is 0 Å². The van der Waals surface area contributed by atoms with E-state index in [2.05, 4.69) is 4.13 Å². The van der Waals surface area contributed by atoms with Crippen molar-refractivity contribution in [3.8, 4) is 0 Å². The molecular formula is C9H11NO3S3. The molecule has 1 rings (SSSR count). The molecule has 88 valence electrons. The highest BCUT2D eigenvalue weighted by Gasteiger charge is 2.14. The fourth-order valence-electron chi connectivity index (χ4n) is 0.884. The number of benzene rings is 1. The van der Waals surface area contributed by atoms with E-state index < -0.39 is 10.0 Å². The zero-order chi connectivity index (χ0) is 12.0. The van der Waals surface area contributed by atoms with Crippen molar-refractivity contribution in [3.63, 3.8) is 0 Å². The maximum Gasteiger partial charge on any atom is 0.250 e. The van der Waals surface area contributed by atoms with E-state index in [4.69, 9.17) is 17.0 Å². The monoisotopic (exact) mass is 277 g/mol. The lowest BCUT2D eigenvalue weighted by Crippen LogP contribution is -2.19. The van der Waals surface area contributed by atoms with Crippen LogP contribution in [-0.4, -0.2) is 19.4 Å². The van der Waals surface area contributed by atoms with Crippen molar-refractivity contribution in [1.82, 2.24) is 4.13 Å². The van der Waals surface area contributed by atoms with E-state index in [1.165, 1.54) is 12.1 Å². The van der Waals surface area contributed by atoms with Crippen LogP contribution in [0.3, 0.4) is 0 Å². The number of ether oxygens (including phenoxy) is 1. The quantitative estimate of drug-likeness (QED) is 0.673. The van der Waals surface area contributed by atoms with Crippen LogP contribution in [0.25, 0.3) is 0 Å². The molecule has 0 aliphatic carbocycles. The van der Waals surface area contributed by atoms with Gasteiger partial charge in [0.2, 0.25) is 14.4 Å². The van der Waals surface area contributed by atoms with Gasteiger partial charge in [-0.15, -0.1) is 4.13 Å². The average molecular weight is 277 g/mol. The second kappa shape index (κ2) is 6.19. The summed E-state index contributed by atoms with van der Waals surface area (Å²) in [7, 11) is -3.53. The molecule has 0 aromatic heterocycles. The molecule has 0 saturated heterocycles. The maximum atomic E-state index is 11.7. The lowest BCUT2D eigenvalue weighted by molar-refractivity contribution is 0.346. The van der Waals surface area contributed by atoms with Crippen LogP contribution in [0.4, 0.5) is 0 Å². The minimum absolute atomic E-state index is 0.155. The molecule has 1 aromatic carbocycles. The standard InChI is InChI=1S/C9H11NO3S3/c1-2-13-9(14)15-10-16(11,12)8-6-4-3-5-7-8/h3-7,10H,2H2,1H3. The summed E-state index contributed by atoms with van der Waals surface area (Å²) < 4.78 is 30.8. The van der Waals surface area contributed by atoms with Gasteiger partial charge in [0.25, 0.3) is 0 Å². The highest BCUT2D eigenvalue weighted by atomic mass is 32.3. The van der Waals surface area contributed by atoms with Gasteiger partial charge >= 0.3 is 0 Å². The molecule has 0 fully saturated rings. The summed E-state index contributed by atoms with van der Waals surface area (Å²) in [6, 6.07) is 8.07. The summed E-state index contributed by atoms with van der Waals surface area (Å²) in [5.41, 5.74) is 0. The first-order valence-corrected chi connectivity index (χ1v) is 7.17. The number of hydrogen-bond donors (Lipinski definition) is 1. The van der Waals surface area contributed by atoms with E-state index in [0.717, 1.165) is 11.9 Å². The Kier molecular flexibility index (Phi) is 5.20. The van der Waals surface area contributed by atoms with E-state index in [-0.39, 0.29) is 9.28 Å². The molecule has 0 saturated carbocycles. The minimum Gasteiger partial charge on any atom is -0.478 e. The Morgan fingerprint density at radius 2 is 2.06 bits per heavy atom. The van der Waals surface area contributed by atoms with Crippen molar-refractivity contribution in [2.75, 3.05) is 6.61 Å². The van der Waals surface area contributed by atoms with Crippen molar-refractivity contribution in [2.45, 2.75) is 11.8 Å². The number of thiocarbonyl (C=S) groups is 1. The number of sulfonamides is 1. The van der Waals surface area contributed by atoms with Crippen LogP contribution in [-0.2, 0) is 14.8 Å². The highest BCUT2D eigenvalue weighted by Crippen LogP contribution is 2.11. The molecule has 0 unspecified atom stereocenters. The Balaban J connectivity index is 2.64. The van der Waals surface area contributed by atoms with Crippen molar-refractivity contribution < 1.29 is 13.2 Å². The number of nitrogens with one attached hydrogen (secondary N) is 1. The van der Waals surface area contributed by atoms with Crippen molar-refractivity contribution in [3.05, 3.63) is 30.3 Å². The molecular weight excluding hydrogens is 266 g/mol. The van der Waals surface area contributed by atoms with Crippen LogP contribution in [0.1, 0.15) is 6.92 Å². The van der Waals surface area contributed by atoms with Gasteiger partial charge in [-0.05, 0) is 31.3 Å². The maximum absolute atomic E-state index is 11.7. The number of rotatable bonds is 4. The van der Waals surface area contributed by atoms with Crippen LogP contribution in [0.5, 0.6) is 0 Å². The van der Waals surface area contributed by atoms with E-state index in [1.54, 1.807) is 25.1 Å². The Morgan fingerprint density at radius 1 is 1.44 bits per heavy atom. The first-order valence-electron chi connectivity index (χ1n) is 4.46. The van der Waals surface area contributed by atoms with Gasteiger partial charge in [0.05, 0.1) is 11.5 Å². The smallest absolute Gasteiger partial charge is 0.250 e. The van der Waals surface area contributed by atoms with Gasteiger partial charge in [-0.25, -0.2) is 8.42 Å². The van der Waals surface area contributed by atoms with Crippen LogP contribution in [0.15, 0.2) is 35.2 Å². The second-order valence-electron chi connectivity index (χ2n) is 2.68. The van der Waals surface area contributed by atoms with E-state index in [1.807, 2.05) is 0 Å². The molecule has 0 aliphatic heterocycles. The molecule has 0 spiro atoms. The lowest BCUT2D eigenvalue weighted by Gasteiger charge is -2.06. The molecule has 0 bridgehead atoms. The Hall–Kier alpha value is -0.630. The van der Waals surface area contributed by atoms with E-state index in [9.17, 15) is 8.42 Å². The topological polar surface area (TPSA) is 55.4 Å². The fraction of sp³-hybridized carbons (Fsp3) is 0.222. The Morgan fingerprint density at radius 3 is 2.62 bits per heavy atom.